The van der Waals surface area contributed by atoms with Crippen molar-refractivity contribution in [3.05, 3.63) is 53.7 Å². The molecule has 7 heteroatoms. The minimum atomic E-state index is -3.71. The number of sulfonamides is 1. The standard InChI is InChI=1S/C21H23N3O3S/c1-14(25)22-15-7-9-16(10-8-15)24-28(26,27)17-11-12-21-19(13-17)18-5-3-2-4-6-20(18)23-21/h7-13,23-24H,2-6H2,1H3,(H,22,25). The molecular weight excluding hydrogens is 374 g/mol. The molecule has 28 heavy (non-hydrogen) atoms. The molecule has 0 atom stereocenters. The maximum atomic E-state index is 12.9. The number of benzene rings is 2. The van der Waals surface area contributed by atoms with Crippen LogP contribution >= 0.6 is 0 Å². The van der Waals surface area contributed by atoms with E-state index >= 15 is 0 Å². The van der Waals surface area contributed by atoms with Gasteiger partial charge in [-0.1, -0.05) is 6.42 Å². The van der Waals surface area contributed by atoms with Crippen LogP contribution in [0.4, 0.5) is 11.4 Å². The highest BCUT2D eigenvalue weighted by Gasteiger charge is 2.19. The van der Waals surface area contributed by atoms with Crippen molar-refractivity contribution >= 4 is 38.2 Å². The summed E-state index contributed by atoms with van der Waals surface area (Å²) >= 11 is 0. The Balaban J connectivity index is 1.62. The van der Waals surface area contributed by atoms with Gasteiger partial charge in [-0.25, -0.2) is 8.42 Å². The summed E-state index contributed by atoms with van der Waals surface area (Å²) in [5.74, 6) is -0.174. The number of carbonyl (C=O) groups is 1. The van der Waals surface area contributed by atoms with Gasteiger partial charge in [0.2, 0.25) is 5.91 Å². The van der Waals surface area contributed by atoms with Crippen molar-refractivity contribution in [2.45, 2.75) is 43.9 Å². The summed E-state index contributed by atoms with van der Waals surface area (Å²) in [6, 6.07) is 11.8. The van der Waals surface area contributed by atoms with Crippen molar-refractivity contribution < 1.29 is 13.2 Å². The Hall–Kier alpha value is -2.80. The van der Waals surface area contributed by atoms with E-state index < -0.39 is 10.0 Å². The van der Waals surface area contributed by atoms with Crippen molar-refractivity contribution in [1.82, 2.24) is 4.98 Å². The molecule has 0 aliphatic heterocycles. The molecule has 2 aromatic carbocycles. The summed E-state index contributed by atoms with van der Waals surface area (Å²) in [5, 5.41) is 3.66. The minimum absolute atomic E-state index is 0.174. The van der Waals surface area contributed by atoms with E-state index in [1.54, 1.807) is 36.4 Å². The number of aromatic amines is 1. The molecule has 0 spiro atoms. The topological polar surface area (TPSA) is 91.1 Å². The van der Waals surface area contributed by atoms with Crippen LogP contribution in [0.25, 0.3) is 10.9 Å². The zero-order valence-electron chi connectivity index (χ0n) is 15.7. The SMILES string of the molecule is CC(=O)Nc1ccc(NS(=O)(=O)c2ccc3[nH]c4c(c3c2)CCCCC4)cc1. The van der Waals surface area contributed by atoms with E-state index in [1.165, 1.54) is 31.0 Å². The first-order valence-electron chi connectivity index (χ1n) is 9.46. The number of H-pyrrole nitrogens is 1. The molecule has 4 rings (SSSR count). The average molecular weight is 398 g/mol. The number of aromatic nitrogens is 1. The maximum Gasteiger partial charge on any atom is 0.261 e. The first kappa shape index (κ1) is 18.6. The lowest BCUT2D eigenvalue weighted by Crippen LogP contribution is -2.13. The Morgan fingerprint density at radius 1 is 0.964 bits per heavy atom. The third kappa shape index (κ3) is 3.75. The average Bonchev–Trinajstić information content (AvgIpc) is 2.82. The molecular formula is C21H23N3O3S. The van der Waals surface area contributed by atoms with E-state index in [9.17, 15) is 13.2 Å². The Kier molecular flexibility index (Phi) is 4.85. The Morgan fingerprint density at radius 3 is 2.43 bits per heavy atom. The molecule has 146 valence electrons. The molecule has 1 heterocycles. The zero-order chi connectivity index (χ0) is 19.7. The van der Waals surface area contributed by atoms with Crippen molar-refractivity contribution in [2.24, 2.45) is 0 Å². The fourth-order valence-corrected chi connectivity index (χ4v) is 4.85. The summed E-state index contributed by atoms with van der Waals surface area (Å²) in [4.78, 5) is 14.8. The first-order valence-corrected chi connectivity index (χ1v) is 10.9. The molecule has 0 radical (unpaired) electrons. The molecule has 0 saturated carbocycles. The normalized spacial score (nSPS) is 14.3. The summed E-state index contributed by atoms with van der Waals surface area (Å²) in [5.41, 5.74) is 4.55. The molecule has 1 aliphatic rings. The highest BCUT2D eigenvalue weighted by atomic mass is 32.2. The van der Waals surface area contributed by atoms with Gasteiger partial charge in [-0.2, -0.15) is 0 Å². The highest BCUT2D eigenvalue weighted by molar-refractivity contribution is 7.92. The largest absolute Gasteiger partial charge is 0.358 e. The summed E-state index contributed by atoms with van der Waals surface area (Å²) in [7, 11) is -3.71. The van der Waals surface area contributed by atoms with Crippen molar-refractivity contribution in [3.8, 4) is 0 Å². The Morgan fingerprint density at radius 2 is 1.68 bits per heavy atom. The van der Waals surface area contributed by atoms with Gasteiger partial charge in [0.25, 0.3) is 10.0 Å². The van der Waals surface area contributed by atoms with Gasteiger partial charge in [0.05, 0.1) is 4.90 Å². The highest BCUT2D eigenvalue weighted by Crippen LogP contribution is 2.30. The molecule has 1 amide bonds. The molecule has 1 aromatic heterocycles. The van der Waals surface area contributed by atoms with Gasteiger partial charge in [-0.15, -0.1) is 0 Å². The van der Waals surface area contributed by atoms with Crippen LogP contribution in [-0.2, 0) is 27.7 Å². The van der Waals surface area contributed by atoms with Crippen LogP contribution < -0.4 is 10.0 Å². The van der Waals surface area contributed by atoms with Crippen LogP contribution in [-0.4, -0.2) is 19.3 Å². The smallest absolute Gasteiger partial charge is 0.261 e. The monoisotopic (exact) mass is 397 g/mol. The fourth-order valence-electron chi connectivity index (χ4n) is 3.77. The van der Waals surface area contributed by atoms with Gasteiger partial charge in [-0.05, 0) is 73.7 Å². The lowest BCUT2D eigenvalue weighted by Gasteiger charge is -2.10. The van der Waals surface area contributed by atoms with E-state index in [-0.39, 0.29) is 10.8 Å². The van der Waals surface area contributed by atoms with E-state index in [2.05, 4.69) is 15.0 Å². The van der Waals surface area contributed by atoms with Crippen LogP contribution in [0.15, 0.2) is 47.4 Å². The number of nitrogens with one attached hydrogen (secondary N) is 3. The number of hydrogen-bond donors (Lipinski definition) is 3. The van der Waals surface area contributed by atoms with Crippen molar-refractivity contribution in [1.29, 1.82) is 0 Å². The van der Waals surface area contributed by atoms with Crippen LogP contribution in [0, 0.1) is 0 Å². The van der Waals surface area contributed by atoms with Crippen molar-refractivity contribution in [2.75, 3.05) is 10.0 Å². The summed E-state index contributed by atoms with van der Waals surface area (Å²) in [6.45, 7) is 1.43. The number of amides is 1. The number of fused-ring (bicyclic) bond motifs is 3. The first-order chi connectivity index (χ1) is 13.4. The van der Waals surface area contributed by atoms with Crippen LogP contribution in [0.3, 0.4) is 0 Å². The molecule has 6 nitrogen and oxygen atoms in total. The third-order valence-corrected chi connectivity index (χ3v) is 6.47. The number of carbonyl (C=O) groups excluding carboxylic acids is 1. The second kappa shape index (κ2) is 7.31. The zero-order valence-corrected chi connectivity index (χ0v) is 16.5. The van der Waals surface area contributed by atoms with E-state index in [1.807, 2.05) is 6.07 Å². The lowest BCUT2D eigenvalue weighted by molar-refractivity contribution is -0.114. The van der Waals surface area contributed by atoms with Gasteiger partial charge in [0.15, 0.2) is 0 Å². The second-order valence-corrected chi connectivity index (χ2v) is 8.90. The molecule has 1 aliphatic carbocycles. The van der Waals surface area contributed by atoms with Gasteiger partial charge in [0.1, 0.15) is 0 Å². The summed E-state index contributed by atoms with van der Waals surface area (Å²) in [6.07, 6.45) is 5.51. The second-order valence-electron chi connectivity index (χ2n) is 7.21. The van der Waals surface area contributed by atoms with Crippen LogP contribution in [0.5, 0.6) is 0 Å². The van der Waals surface area contributed by atoms with Crippen LogP contribution in [0.1, 0.15) is 37.4 Å². The number of aryl methyl sites for hydroxylation is 2. The van der Waals surface area contributed by atoms with E-state index in [0.29, 0.717) is 11.4 Å². The Bertz CT molecular complexity index is 1130. The molecule has 3 aromatic rings. The third-order valence-electron chi connectivity index (χ3n) is 5.09. The Labute approximate surface area is 164 Å². The number of anilines is 2. The fraction of sp³-hybridized carbons (Fsp3) is 0.286. The minimum Gasteiger partial charge on any atom is -0.358 e. The van der Waals surface area contributed by atoms with E-state index in [4.69, 9.17) is 0 Å². The quantitative estimate of drug-likeness (QED) is 0.576. The number of rotatable bonds is 4. The predicted octanol–water partition coefficient (Wildman–Crippen LogP) is 4.20. The van der Waals surface area contributed by atoms with Gasteiger partial charge in [0, 0.05) is 34.9 Å². The predicted molar refractivity (Wildman–Crippen MR) is 111 cm³/mol. The molecule has 0 saturated heterocycles. The maximum absolute atomic E-state index is 12.9. The molecule has 0 bridgehead atoms. The summed E-state index contributed by atoms with van der Waals surface area (Å²) < 4.78 is 28.4. The molecule has 0 fully saturated rings. The van der Waals surface area contributed by atoms with Crippen LogP contribution in [0.2, 0.25) is 0 Å². The van der Waals surface area contributed by atoms with E-state index in [0.717, 1.165) is 30.2 Å². The van der Waals surface area contributed by atoms with Gasteiger partial charge >= 0.3 is 0 Å². The molecule has 3 N–H and O–H groups in total. The van der Waals surface area contributed by atoms with Crippen molar-refractivity contribution in [3.63, 3.8) is 0 Å². The molecule has 0 unspecified atom stereocenters. The van der Waals surface area contributed by atoms with Gasteiger partial charge in [-0.3, -0.25) is 9.52 Å². The lowest BCUT2D eigenvalue weighted by atomic mass is 10.1. The number of hydrogen-bond acceptors (Lipinski definition) is 3. The van der Waals surface area contributed by atoms with Gasteiger partial charge < -0.3 is 10.3 Å².